The molecule has 1 saturated heterocycles. The van der Waals surface area contributed by atoms with Crippen molar-refractivity contribution in [3.63, 3.8) is 0 Å². The summed E-state index contributed by atoms with van der Waals surface area (Å²) in [5, 5.41) is 3.70. The highest BCUT2D eigenvalue weighted by molar-refractivity contribution is 6.06. The van der Waals surface area contributed by atoms with Crippen molar-refractivity contribution in [3.8, 4) is 0 Å². The number of nitrogens with one attached hydrogen (secondary N) is 1. The second-order valence-corrected chi connectivity index (χ2v) is 7.58. The van der Waals surface area contributed by atoms with Gasteiger partial charge in [-0.1, -0.05) is 30.3 Å². The number of morpholine rings is 1. The van der Waals surface area contributed by atoms with Crippen LogP contribution in [0.5, 0.6) is 0 Å². The number of rotatable bonds is 7. The van der Waals surface area contributed by atoms with Crippen LogP contribution in [0.25, 0.3) is 10.9 Å². The zero-order valence-electron chi connectivity index (χ0n) is 17.5. The van der Waals surface area contributed by atoms with E-state index in [-0.39, 0.29) is 17.8 Å². The number of para-hydroxylation sites is 1. The van der Waals surface area contributed by atoms with Crippen LogP contribution in [-0.2, 0) is 16.0 Å². The number of fused-ring (bicyclic) bond motifs is 1. The lowest BCUT2D eigenvalue weighted by Crippen LogP contribution is -2.38. The van der Waals surface area contributed by atoms with Crippen LogP contribution in [-0.4, -0.2) is 55.7 Å². The van der Waals surface area contributed by atoms with Gasteiger partial charge in [0.2, 0.25) is 0 Å². The van der Waals surface area contributed by atoms with Gasteiger partial charge in [-0.15, -0.1) is 0 Å². The molecule has 1 amide bonds. The Labute approximate surface area is 181 Å². The SMILES string of the molecule is COCCNC(=O)c1cc([C@@H]2CN(Cc3ccc(F)cc3)CCO2)nc2ccccc12. The first-order chi connectivity index (χ1) is 15.1. The van der Waals surface area contributed by atoms with Gasteiger partial charge in [0.25, 0.3) is 5.91 Å². The fourth-order valence-electron chi connectivity index (χ4n) is 3.78. The minimum Gasteiger partial charge on any atom is -0.383 e. The Hall–Kier alpha value is -2.87. The Kier molecular flexibility index (Phi) is 6.86. The topological polar surface area (TPSA) is 63.7 Å². The fourth-order valence-corrected chi connectivity index (χ4v) is 3.78. The van der Waals surface area contributed by atoms with Gasteiger partial charge < -0.3 is 14.8 Å². The van der Waals surface area contributed by atoms with Crippen molar-refractivity contribution in [3.05, 3.63) is 77.2 Å². The molecule has 31 heavy (non-hydrogen) atoms. The average Bonchev–Trinajstić information content (AvgIpc) is 2.80. The standard InChI is InChI=1S/C24H26FN3O3/c1-30-12-10-26-24(29)20-14-22(27-21-5-3-2-4-19(20)21)23-16-28(11-13-31-23)15-17-6-8-18(25)9-7-17/h2-9,14,23H,10-13,15-16H2,1H3,(H,26,29)/t23-/m0/s1. The van der Waals surface area contributed by atoms with Gasteiger partial charge in [-0.05, 0) is 29.8 Å². The van der Waals surface area contributed by atoms with E-state index in [2.05, 4.69) is 10.2 Å². The van der Waals surface area contributed by atoms with Crippen LogP contribution < -0.4 is 5.32 Å². The summed E-state index contributed by atoms with van der Waals surface area (Å²) in [6.45, 7) is 3.59. The van der Waals surface area contributed by atoms with Gasteiger partial charge in [-0.2, -0.15) is 0 Å². The number of hydrogen-bond acceptors (Lipinski definition) is 5. The van der Waals surface area contributed by atoms with Gasteiger partial charge in [0.15, 0.2) is 0 Å². The van der Waals surface area contributed by atoms with E-state index < -0.39 is 0 Å². The maximum Gasteiger partial charge on any atom is 0.252 e. The molecule has 6 nitrogen and oxygen atoms in total. The Morgan fingerprint density at radius 2 is 2.06 bits per heavy atom. The average molecular weight is 423 g/mol. The van der Waals surface area contributed by atoms with Crippen LogP contribution in [0.15, 0.2) is 54.6 Å². The van der Waals surface area contributed by atoms with E-state index in [0.717, 1.165) is 28.7 Å². The first kappa shape index (κ1) is 21.4. The molecule has 0 spiro atoms. The monoisotopic (exact) mass is 423 g/mol. The van der Waals surface area contributed by atoms with Crippen molar-refractivity contribution < 1.29 is 18.7 Å². The largest absolute Gasteiger partial charge is 0.383 e. The van der Waals surface area contributed by atoms with E-state index >= 15 is 0 Å². The van der Waals surface area contributed by atoms with E-state index in [1.54, 1.807) is 19.2 Å². The number of benzene rings is 2. The second kappa shape index (κ2) is 9.96. The molecule has 0 bridgehead atoms. The Morgan fingerprint density at radius 3 is 2.87 bits per heavy atom. The minimum absolute atomic E-state index is 0.157. The summed E-state index contributed by atoms with van der Waals surface area (Å²) in [7, 11) is 1.60. The van der Waals surface area contributed by atoms with Crippen LogP contribution in [0.1, 0.15) is 27.7 Å². The van der Waals surface area contributed by atoms with E-state index in [1.807, 2.05) is 30.3 Å². The number of methoxy groups -OCH3 is 1. The lowest BCUT2D eigenvalue weighted by Gasteiger charge is -2.33. The molecule has 1 aliphatic heterocycles. The number of ether oxygens (including phenoxy) is 2. The lowest BCUT2D eigenvalue weighted by molar-refractivity contribution is -0.0348. The molecule has 0 unspecified atom stereocenters. The number of carbonyl (C=O) groups is 1. The highest BCUT2D eigenvalue weighted by Crippen LogP contribution is 2.26. The molecule has 1 N–H and O–H groups in total. The molecule has 4 rings (SSSR count). The molecule has 2 aromatic carbocycles. The molecule has 0 saturated carbocycles. The van der Waals surface area contributed by atoms with Crippen molar-refractivity contribution in [2.45, 2.75) is 12.6 Å². The van der Waals surface area contributed by atoms with Crippen LogP contribution in [0.4, 0.5) is 4.39 Å². The Morgan fingerprint density at radius 1 is 1.26 bits per heavy atom. The number of amides is 1. The number of hydrogen-bond donors (Lipinski definition) is 1. The normalized spacial score (nSPS) is 17.0. The number of aromatic nitrogens is 1. The minimum atomic E-state index is -0.246. The molecule has 162 valence electrons. The molecule has 1 atom stereocenters. The fraction of sp³-hybridized carbons (Fsp3) is 0.333. The van der Waals surface area contributed by atoms with Gasteiger partial charge in [0.05, 0.1) is 30.0 Å². The summed E-state index contributed by atoms with van der Waals surface area (Å²) in [5.74, 6) is -0.392. The second-order valence-electron chi connectivity index (χ2n) is 7.58. The molecule has 7 heteroatoms. The highest BCUT2D eigenvalue weighted by atomic mass is 19.1. The van der Waals surface area contributed by atoms with E-state index in [0.29, 0.717) is 38.4 Å². The first-order valence-corrected chi connectivity index (χ1v) is 10.4. The van der Waals surface area contributed by atoms with Gasteiger partial charge >= 0.3 is 0 Å². The maximum absolute atomic E-state index is 13.2. The molecule has 0 radical (unpaired) electrons. The first-order valence-electron chi connectivity index (χ1n) is 10.4. The number of carbonyl (C=O) groups excluding carboxylic acids is 1. The number of pyridine rings is 1. The van der Waals surface area contributed by atoms with Crippen LogP contribution in [0.2, 0.25) is 0 Å². The molecular formula is C24H26FN3O3. The molecule has 1 aromatic heterocycles. The van der Waals surface area contributed by atoms with Gasteiger partial charge in [0.1, 0.15) is 11.9 Å². The molecule has 0 aliphatic carbocycles. The van der Waals surface area contributed by atoms with Crippen LogP contribution >= 0.6 is 0 Å². The quantitative estimate of drug-likeness (QED) is 0.591. The Balaban J connectivity index is 1.56. The van der Waals surface area contributed by atoms with Crippen molar-refractivity contribution >= 4 is 16.8 Å². The maximum atomic E-state index is 13.2. The van der Waals surface area contributed by atoms with Crippen molar-refractivity contribution in [2.75, 3.05) is 40.0 Å². The molecule has 2 heterocycles. The predicted molar refractivity (Wildman–Crippen MR) is 116 cm³/mol. The molecule has 1 aliphatic rings. The highest BCUT2D eigenvalue weighted by Gasteiger charge is 2.25. The predicted octanol–water partition coefficient (Wildman–Crippen LogP) is 3.32. The summed E-state index contributed by atoms with van der Waals surface area (Å²) in [4.78, 5) is 19.9. The van der Waals surface area contributed by atoms with Crippen molar-refractivity contribution in [1.29, 1.82) is 0 Å². The molecular weight excluding hydrogens is 397 g/mol. The van der Waals surface area contributed by atoms with Gasteiger partial charge in [0, 0.05) is 38.7 Å². The molecule has 3 aromatic rings. The summed E-state index contributed by atoms with van der Waals surface area (Å²) in [6, 6.07) is 16.0. The van der Waals surface area contributed by atoms with Crippen LogP contribution in [0, 0.1) is 5.82 Å². The third-order valence-electron chi connectivity index (χ3n) is 5.37. The smallest absolute Gasteiger partial charge is 0.252 e. The van der Waals surface area contributed by atoms with Gasteiger partial charge in [-0.3, -0.25) is 9.69 Å². The number of halogens is 1. The van der Waals surface area contributed by atoms with Crippen molar-refractivity contribution in [1.82, 2.24) is 15.2 Å². The summed E-state index contributed by atoms with van der Waals surface area (Å²) >= 11 is 0. The Bertz CT molecular complexity index is 1040. The van der Waals surface area contributed by atoms with E-state index in [4.69, 9.17) is 14.5 Å². The lowest BCUT2D eigenvalue weighted by atomic mass is 10.0. The number of nitrogens with zero attached hydrogens (tertiary/aromatic N) is 2. The van der Waals surface area contributed by atoms with Crippen LogP contribution in [0.3, 0.4) is 0 Å². The van der Waals surface area contributed by atoms with E-state index in [9.17, 15) is 9.18 Å². The molecule has 1 fully saturated rings. The van der Waals surface area contributed by atoms with E-state index in [1.165, 1.54) is 12.1 Å². The van der Waals surface area contributed by atoms with Gasteiger partial charge in [-0.25, -0.2) is 9.37 Å². The third kappa shape index (κ3) is 5.25. The van der Waals surface area contributed by atoms with Crippen molar-refractivity contribution in [2.24, 2.45) is 0 Å². The zero-order valence-corrected chi connectivity index (χ0v) is 17.5. The summed E-state index contributed by atoms with van der Waals surface area (Å²) in [6.07, 6.45) is -0.246. The third-order valence-corrected chi connectivity index (χ3v) is 5.37. The zero-order chi connectivity index (χ0) is 21.6. The summed E-state index contributed by atoms with van der Waals surface area (Å²) < 4.78 is 24.2. The summed E-state index contributed by atoms with van der Waals surface area (Å²) in [5.41, 5.74) is 3.12.